The van der Waals surface area contributed by atoms with Crippen molar-refractivity contribution in [1.29, 1.82) is 0 Å². The molecule has 0 spiro atoms. The van der Waals surface area contributed by atoms with Gasteiger partial charge in [0.05, 0.1) is 10.4 Å². The number of nitro benzene ring substituents is 1. The van der Waals surface area contributed by atoms with E-state index in [1.807, 2.05) is 20.9 Å². The third kappa shape index (κ3) is 3.03. The van der Waals surface area contributed by atoms with Crippen molar-refractivity contribution >= 4 is 16.6 Å². The molecule has 0 bridgehead atoms. The maximum Gasteiger partial charge on any atom is 0.270 e. The Hall–Kier alpha value is -2.21. The van der Waals surface area contributed by atoms with Crippen molar-refractivity contribution in [3.63, 3.8) is 0 Å². The Morgan fingerprint density at radius 2 is 2.20 bits per heavy atom. The summed E-state index contributed by atoms with van der Waals surface area (Å²) in [5.74, 6) is 0.624. The third-order valence-corrected chi connectivity index (χ3v) is 2.91. The van der Waals surface area contributed by atoms with Crippen molar-refractivity contribution in [2.45, 2.75) is 20.0 Å². The zero-order valence-corrected chi connectivity index (χ0v) is 11.7. The van der Waals surface area contributed by atoms with Gasteiger partial charge in [-0.15, -0.1) is 0 Å². The lowest BCUT2D eigenvalue weighted by atomic mass is 10.1. The molecule has 1 aromatic carbocycles. The normalized spacial score (nSPS) is 12.3. The monoisotopic (exact) mass is 275 g/mol. The summed E-state index contributed by atoms with van der Waals surface area (Å²) in [6.45, 7) is 4.50. The number of rotatable bonds is 5. The summed E-state index contributed by atoms with van der Waals surface area (Å²) in [5, 5.41) is 14.6. The van der Waals surface area contributed by atoms with Crippen LogP contribution in [0.25, 0.3) is 10.9 Å². The highest BCUT2D eigenvalue weighted by Gasteiger charge is 2.13. The summed E-state index contributed by atoms with van der Waals surface area (Å²) in [7, 11) is 1.85. The van der Waals surface area contributed by atoms with Crippen LogP contribution in [0.15, 0.2) is 24.3 Å². The molecule has 1 heterocycles. The minimum Gasteiger partial charge on any atom is -0.489 e. The number of fused-ring (bicyclic) bond motifs is 1. The van der Waals surface area contributed by atoms with E-state index in [0.29, 0.717) is 23.2 Å². The van der Waals surface area contributed by atoms with Crippen LogP contribution in [0.2, 0.25) is 0 Å². The Morgan fingerprint density at radius 1 is 1.45 bits per heavy atom. The van der Waals surface area contributed by atoms with Gasteiger partial charge < -0.3 is 10.1 Å². The van der Waals surface area contributed by atoms with E-state index in [-0.39, 0.29) is 11.8 Å². The predicted octanol–water partition coefficient (Wildman–Crippen LogP) is 2.44. The molecule has 0 saturated carbocycles. The number of aromatic nitrogens is 1. The smallest absolute Gasteiger partial charge is 0.270 e. The minimum atomic E-state index is -0.417. The number of hydrogen-bond acceptors (Lipinski definition) is 5. The molecule has 0 fully saturated rings. The molecule has 2 rings (SSSR count). The van der Waals surface area contributed by atoms with Crippen molar-refractivity contribution < 1.29 is 9.66 Å². The van der Waals surface area contributed by atoms with Crippen molar-refractivity contribution in [2.24, 2.45) is 0 Å². The van der Waals surface area contributed by atoms with E-state index in [1.165, 1.54) is 12.1 Å². The average molecular weight is 275 g/mol. The maximum absolute atomic E-state index is 10.9. The first-order chi connectivity index (χ1) is 9.51. The van der Waals surface area contributed by atoms with Crippen molar-refractivity contribution in [3.05, 3.63) is 40.1 Å². The van der Waals surface area contributed by atoms with Gasteiger partial charge in [0.25, 0.3) is 5.69 Å². The molecule has 2 aromatic rings. The first kappa shape index (κ1) is 14.2. The summed E-state index contributed by atoms with van der Waals surface area (Å²) in [6, 6.07) is 6.41. The first-order valence-corrected chi connectivity index (χ1v) is 6.38. The number of hydrogen-bond donors (Lipinski definition) is 1. The molecule has 6 nitrogen and oxygen atoms in total. The number of aryl methyl sites for hydroxylation is 1. The second-order valence-electron chi connectivity index (χ2n) is 4.71. The van der Waals surface area contributed by atoms with Gasteiger partial charge in [-0.05, 0) is 27.0 Å². The van der Waals surface area contributed by atoms with E-state index >= 15 is 0 Å². The van der Waals surface area contributed by atoms with Crippen LogP contribution in [0.1, 0.15) is 12.6 Å². The molecule has 1 aromatic heterocycles. The molecule has 6 heteroatoms. The number of benzene rings is 1. The highest BCUT2D eigenvalue weighted by atomic mass is 16.6. The van der Waals surface area contributed by atoms with Gasteiger partial charge in [0, 0.05) is 35.8 Å². The van der Waals surface area contributed by atoms with Crippen LogP contribution in [0, 0.1) is 17.0 Å². The largest absolute Gasteiger partial charge is 0.489 e. The van der Waals surface area contributed by atoms with E-state index in [9.17, 15) is 10.1 Å². The standard InChI is InChI=1S/C14H17N3O3/c1-9-6-14(20-10(2)8-15-3)12-7-11(17(18)19)4-5-13(12)16-9/h4-7,10,15H,8H2,1-3H3. The molecule has 1 unspecified atom stereocenters. The molecule has 0 amide bonds. The number of nitro groups is 1. The fourth-order valence-corrected chi connectivity index (χ4v) is 2.07. The van der Waals surface area contributed by atoms with E-state index in [1.54, 1.807) is 12.1 Å². The summed E-state index contributed by atoms with van der Waals surface area (Å²) in [5.41, 5.74) is 1.55. The molecule has 0 aliphatic heterocycles. The molecule has 0 aliphatic carbocycles. The van der Waals surface area contributed by atoms with Crippen LogP contribution in [0.5, 0.6) is 5.75 Å². The van der Waals surface area contributed by atoms with Gasteiger partial charge in [-0.1, -0.05) is 0 Å². The number of non-ortho nitro benzene ring substituents is 1. The second kappa shape index (κ2) is 5.83. The number of ether oxygens (including phenoxy) is 1. The lowest BCUT2D eigenvalue weighted by Crippen LogP contribution is -2.26. The van der Waals surface area contributed by atoms with Crippen LogP contribution in [0.3, 0.4) is 0 Å². The van der Waals surface area contributed by atoms with E-state index in [4.69, 9.17) is 4.74 Å². The minimum absolute atomic E-state index is 0.0364. The molecule has 20 heavy (non-hydrogen) atoms. The SMILES string of the molecule is CNCC(C)Oc1cc(C)nc2ccc([N+](=O)[O-])cc12. The number of nitrogens with zero attached hydrogens (tertiary/aromatic N) is 2. The predicted molar refractivity (Wildman–Crippen MR) is 77.2 cm³/mol. The molecule has 0 aliphatic rings. The Morgan fingerprint density at radius 3 is 2.85 bits per heavy atom. The van der Waals surface area contributed by atoms with Crippen molar-refractivity contribution in [3.8, 4) is 5.75 Å². The Balaban J connectivity index is 2.50. The summed E-state index contributed by atoms with van der Waals surface area (Å²) in [4.78, 5) is 14.8. The number of nitrogens with one attached hydrogen (secondary N) is 1. The Bertz CT molecular complexity index is 643. The van der Waals surface area contributed by atoms with Gasteiger partial charge in [0.1, 0.15) is 11.9 Å². The van der Waals surface area contributed by atoms with Gasteiger partial charge in [-0.3, -0.25) is 15.1 Å². The fourth-order valence-electron chi connectivity index (χ4n) is 2.07. The average Bonchev–Trinajstić information content (AvgIpc) is 2.38. The van der Waals surface area contributed by atoms with Gasteiger partial charge in [-0.2, -0.15) is 0 Å². The van der Waals surface area contributed by atoms with Gasteiger partial charge in [0.2, 0.25) is 0 Å². The van der Waals surface area contributed by atoms with E-state index < -0.39 is 4.92 Å². The highest BCUT2D eigenvalue weighted by molar-refractivity contribution is 5.87. The summed E-state index contributed by atoms with van der Waals surface area (Å²) < 4.78 is 5.86. The molecule has 1 atom stereocenters. The van der Waals surface area contributed by atoms with Crippen molar-refractivity contribution in [2.75, 3.05) is 13.6 Å². The van der Waals surface area contributed by atoms with E-state index in [0.717, 1.165) is 5.69 Å². The lowest BCUT2D eigenvalue weighted by molar-refractivity contribution is -0.384. The molecular formula is C14H17N3O3. The molecule has 0 radical (unpaired) electrons. The van der Waals surface area contributed by atoms with Crippen LogP contribution >= 0.6 is 0 Å². The summed E-state index contributed by atoms with van der Waals surface area (Å²) >= 11 is 0. The van der Waals surface area contributed by atoms with Gasteiger partial charge in [-0.25, -0.2) is 0 Å². The van der Waals surface area contributed by atoms with Gasteiger partial charge in [0.15, 0.2) is 0 Å². The number of likely N-dealkylation sites (N-methyl/N-ethyl adjacent to an activating group) is 1. The lowest BCUT2D eigenvalue weighted by Gasteiger charge is -2.16. The maximum atomic E-state index is 10.9. The highest BCUT2D eigenvalue weighted by Crippen LogP contribution is 2.29. The van der Waals surface area contributed by atoms with Crippen LogP contribution < -0.4 is 10.1 Å². The zero-order chi connectivity index (χ0) is 14.7. The Kier molecular flexibility index (Phi) is 4.14. The van der Waals surface area contributed by atoms with Crippen LogP contribution in [-0.4, -0.2) is 29.6 Å². The first-order valence-electron chi connectivity index (χ1n) is 6.38. The quantitative estimate of drug-likeness (QED) is 0.670. The Labute approximate surface area is 116 Å². The summed E-state index contributed by atoms with van der Waals surface area (Å²) in [6.07, 6.45) is -0.0377. The number of pyridine rings is 1. The van der Waals surface area contributed by atoms with Gasteiger partial charge >= 0.3 is 0 Å². The van der Waals surface area contributed by atoms with Crippen molar-refractivity contribution in [1.82, 2.24) is 10.3 Å². The zero-order valence-electron chi connectivity index (χ0n) is 11.7. The molecular weight excluding hydrogens is 258 g/mol. The van der Waals surface area contributed by atoms with Crippen LogP contribution in [0.4, 0.5) is 5.69 Å². The molecule has 0 saturated heterocycles. The molecule has 106 valence electrons. The topological polar surface area (TPSA) is 77.3 Å². The van der Waals surface area contributed by atoms with E-state index in [2.05, 4.69) is 10.3 Å². The third-order valence-electron chi connectivity index (χ3n) is 2.91. The second-order valence-corrected chi connectivity index (χ2v) is 4.71. The fraction of sp³-hybridized carbons (Fsp3) is 0.357. The van der Waals surface area contributed by atoms with Crippen LogP contribution in [-0.2, 0) is 0 Å². The molecule has 1 N–H and O–H groups in total.